The molecule has 0 aromatic heterocycles. The van der Waals surface area contributed by atoms with Crippen molar-refractivity contribution < 1.29 is 9.59 Å². The van der Waals surface area contributed by atoms with Gasteiger partial charge < -0.3 is 16.4 Å². The smallest absolute Gasteiger partial charge is 0.315 e. The summed E-state index contributed by atoms with van der Waals surface area (Å²) in [5.74, 6) is -0.557. The number of benzene rings is 2. The van der Waals surface area contributed by atoms with Gasteiger partial charge in [0.1, 0.15) is 6.04 Å². The number of hydrogen-bond acceptors (Lipinski definition) is 2. The Morgan fingerprint density at radius 2 is 1.45 bits per heavy atom. The molecule has 0 saturated carbocycles. The SMILES string of the molecule is NC(=O)C(Cc1ccccc1)NC(=O)NCc1ccccc1. The Morgan fingerprint density at radius 1 is 0.909 bits per heavy atom. The molecule has 0 bridgehead atoms. The van der Waals surface area contributed by atoms with Crippen LogP contribution in [0.5, 0.6) is 0 Å². The summed E-state index contributed by atoms with van der Waals surface area (Å²) in [4.78, 5) is 23.4. The Hall–Kier alpha value is -2.82. The van der Waals surface area contributed by atoms with E-state index >= 15 is 0 Å². The molecule has 2 aromatic carbocycles. The Balaban J connectivity index is 1.88. The van der Waals surface area contributed by atoms with E-state index in [2.05, 4.69) is 10.6 Å². The van der Waals surface area contributed by atoms with Gasteiger partial charge in [0.15, 0.2) is 0 Å². The molecule has 5 nitrogen and oxygen atoms in total. The van der Waals surface area contributed by atoms with Crippen molar-refractivity contribution in [1.29, 1.82) is 0 Å². The zero-order valence-corrected chi connectivity index (χ0v) is 12.2. The number of carbonyl (C=O) groups excluding carboxylic acids is 2. The van der Waals surface area contributed by atoms with Crippen LogP contribution in [0, 0.1) is 0 Å². The van der Waals surface area contributed by atoms with Crippen molar-refractivity contribution >= 4 is 11.9 Å². The third-order valence-corrected chi connectivity index (χ3v) is 3.23. The fourth-order valence-electron chi connectivity index (χ4n) is 2.06. The maximum Gasteiger partial charge on any atom is 0.315 e. The van der Waals surface area contributed by atoms with Crippen molar-refractivity contribution in [3.8, 4) is 0 Å². The number of nitrogens with two attached hydrogens (primary N) is 1. The van der Waals surface area contributed by atoms with Crippen molar-refractivity contribution in [3.05, 3.63) is 71.8 Å². The predicted molar refractivity (Wildman–Crippen MR) is 84.9 cm³/mol. The molecule has 0 aliphatic carbocycles. The molecule has 2 aromatic rings. The second-order valence-corrected chi connectivity index (χ2v) is 4.96. The van der Waals surface area contributed by atoms with Crippen LogP contribution in [0.15, 0.2) is 60.7 Å². The van der Waals surface area contributed by atoms with E-state index in [1.165, 1.54) is 0 Å². The monoisotopic (exact) mass is 297 g/mol. The van der Waals surface area contributed by atoms with E-state index < -0.39 is 18.0 Å². The van der Waals surface area contributed by atoms with Gasteiger partial charge in [0.05, 0.1) is 0 Å². The summed E-state index contributed by atoms with van der Waals surface area (Å²) in [5, 5.41) is 5.32. The summed E-state index contributed by atoms with van der Waals surface area (Å²) >= 11 is 0. The number of amides is 3. The van der Waals surface area contributed by atoms with Crippen LogP contribution in [-0.2, 0) is 17.8 Å². The predicted octanol–water partition coefficient (Wildman–Crippen LogP) is 1.58. The lowest BCUT2D eigenvalue weighted by Gasteiger charge is -2.16. The van der Waals surface area contributed by atoms with Crippen LogP contribution in [0.4, 0.5) is 4.79 Å². The Kier molecular flexibility index (Phi) is 5.54. The normalized spacial score (nSPS) is 11.5. The Bertz CT molecular complexity index is 614. The molecule has 5 heteroatoms. The number of nitrogens with one attached hydrogen (secondary N) is 2. The van der Waals surface area contributed by atoms with Crippen molar-refractivity contribution in [2.24, 2.45) is 5.73 Å². The van der Waals surface area contributed by atoms with Crippen LogP contribution in [0.25, 0.3) is 0 Å². The highest BCUT2D eigenvalue weighted by molar-refractivity contribution is 5.86. The molecular weight excluding hydrogens is 278 g/mol. The van der Waals surface area contributed by atoms with Gasteiger partial charge in [-0.2, -0.15) is 0 Å². The van der Waals surface area contributed by atoms with Crippen LogP contribution >= 0.6 is 0 Å². The maximum atomic E-state index is 11.9. The number of carbonyl (C=O) groups is 2. The first kappa shape index (κ1) is 15.6. The summed E-state index contributed by atoms with van der Waals surface area (Å²) in [6, 6.07) is 17.8. The van der Waals surface area contributed by atoms with E-state index in [-0.39, 0.29) is 0 Å². The third-order valence-electron chi connectivity index (χ3n) is 3.23. The maximum absolute atomic E-state index is 11.9. The van der Waals surface area contributed by atoms with Gasteiger partial charge in [-0.05, 0) is 11.1 Å². The summed E-state index contributed by atoms with van der Waals surface area (Å²) in [6.07, 6.45) is 0.370. The lowest BCUT2D eigenvalue weighted by Crippen LogP contribution is -2.49. The van der Waals surface area contributed by atoms with E-state index in [9.17, 15) is 9.59 Å². The zero-order chi connectivity index (χ0) is 15.8. The molecule has 0 aliphatic rings. The van der Waals surface area contributed by atoms with Crippen LogP contribution < -0.4 is 16.4 Å². The van der Waals surface area contributed by atoms with Crippen molar-refractivity contribution in [2.75, 3.05) is 0 Å². The number of primary amides is 1. The molecule has 0 aliphatic heterocycles. The van der Waals surface area contributed by atoms with E-state index in [1.807, 2.05) is 60.7 Å². The Morgan fingerprint density at radius 3 is 2.00 bits per heavy atom. The summed E-state index contributed by atoms with van der Waals surface area (Å²) in [6.45, 7) is 0.392. The van der Waals surface area contributed by atoms with Crippen molar-refractivity contribution in [2.45, 2.75) is 19.0 Å². The quantitative estimate of drug-likeness (QED) is 0.756. The Labute approximate surface area is 129 Å². The molecule has 3 amide bonds. The molecule has 0 radical (unpaired) electrons. The van der Waals surface area contributed by atoms with E-state index in [1.54, 1.807) is 0 Å². The minimum Gasteiger partial charge on any atom is -0.368 e. The largest absolute Gasteiger partial charge is 0.368 e. The van der Waals surface area contributed by atoms with Gasteiger partial charge in [0.25, 0.3) is 0 Å². The van der Waals surface area contributed by atoms with Crippen LogP contribution in [0.3, 0.4) is 0 Å². The fraction of sp³-hybridized carbons (Fsp3) is 0.176. The second kappa shape index (κ2) is 7.83. The summed E-state index contributed by atoms with van der Waals surface area (Å²) in [7, 11) is 0. The van der Waals surface area contributed by atoms with Gasteiger partial charge in [-0.25, -0.2) is 4.79 Å². The molecule has 114 valence electrons. The molecule has 0 spiro atoms. The molecule has 22 heavy (non-hydrogen) atoms. The molecular formula is C17H19N3O2. The summed E-state index contributed by atoms with van der Waals surface area (Å²) in [5.41, 5.74) is 7.28. The lowest BCUT2D eigenvalue weighted by atomic mass is 10.1. The third kappa shape index (κ3) is 4.94. The van der Waals surface area contributed by atoms with Gasteiger partial charge in [0.2, 0.25) is 5.91 Å². The van der Waals surface area contributed by atoms with Gasteiger partial charge in [0, 0.05) is 13.0 Å². The van der Waals surface area contributed by atoms with Crippen LogP contribution in [0.1, 0.15) is 11.1 Å². The van der Waals surface area contributed by atoms with Gasteiger partial charge in [-0.1, -0.05) is 60.7 Å². The van der Waals surface area contributed by atoms with Crippen molar-refractivity contribution in [1.82, 2.24) is 10.6 Å². The summed E-state index contributed by atoms with van der Waals surface area (Å²) < 4.78 is 0. The average Bonchev–Trinajstić information content (AvgIpc) is 2.54. The highest BCUT2D eigenvalue weighted by Crippen LogP contribution is 2.03. The molecule has 1 atom stereocenters. The molecule has 4 N–H and O–H groups in total. The van der Waals surface area contributed by atoms with Crippen LogP contribution in [0.2, 0.25) is 0 Å². The molecule has 1 unspecified atom stereocenters. The van der Waals surface area contributed by atoms with Crippen molar-refractivity contribution in [3.63, 3.8) is 0 Å². The number of hydrogen-bond donors (Lipinski definition) is 3. The van der Waals surface area contributed by atoms with E-state index in [0.717, 1.165) is 11.1 Å². The number of urea groups is 1. The lowest BCUT2D eigenvalue weighted by molar-refractivity contribution is -0.119. The van der Waals surface area contributed by atoms with E-state index in [4.69, 9.17) is 5.73 Å². The highest BCUT2D eigenvalue weighted by Gasteiger charge is 2.18. The minimum atomic E-state index is -0.738. The molecule has 0 fully saturated rings. The first-order valence-electron chi connectivity index (χ1n) is 7.06. The van der Waals surface area contributed by atoms with Gasteiger partial charge in [-0.15, -0.1) is 0 Å². The number of rotatable bonds is 6. The standard InChI is InChI=1S/C17H19N3O2/c18-16(21)15(11-13-7-3-1-4-8-13)20-17(22)19-12-14-9-5-2-6-10-14/h1-10,15H,11-12H2,(H2,18,21)(H2,19,20,22). The zero-order valence-electron chi connectivity index (χ0n) is 12.2. The average molecular weight is 297 g/mol. The highest BCUT2D eigenvalue weighted by atomic mass is 16.2. The van der Waals surface area contributed by atoms with Gasteiger partial charge in [-0.3, -0.25) is 4.79 Å². The molecule has 0 saturated heterocycles. The van der Waals surface area contributed by atoms with E-state index in [0.29, 0.717) is 13.0 Å². The fourth-order valence-corrected chi connectivity index (χ4v) is 2.06. The topological polar surface area (TPSA) is 84.2 Å². The molecule has 0 heterocycles. The first-order valence-corrected chi connectivity index (χ1v) is 7.06. The molecule has 2 rings (SSSR count). The van der Waals surface area contributed by atoms with Crippen LogP contribution in [-0.4, -0.2) is 18.0 Å². The van der Waals surface area contributed by atoms with Gasteiger partial charge >= 0.3 is 6.03 Å². The second-order valence-electron chi connectivity index (χ2n) is 4.96. The first-order chi connectivity index (χ1) is 10.6. The minimum absolute atomic E-state index is 0.370.